The van der Waals surface area contributed by atoms with Gasteiger partial charge in [-0.25, -0.2) is 9.37 Å². The van der Waals surface area contributed by atoms with E-state index in [1.807, 2.05) is 10.9 Å². The van der Waals surface area contributed by atoms with Crippen LogP contribution in [0, 0.1) is 11.7 Å². The molecule has 0 bridgehead atoms. The first-order chi connectivity index (χ1) is 22.8. The van der Waals surface area contributed by atoms with Crippen molar-refractivity contribution < 1.29 is 46.8 Å². The van der Waals surface area contributed by atoms with Crippen LogP contribution in [0.15, 0.2) is 36.5 Å². The van der Waals surface area contributed by atoms with Gasteiger partial charge in [-0.1, -0.05) is 0 Å². The highest BCUT2D eigenvalue weighted by Gasteiger charge is 2.53. The van der Waals surface area contributed by atoms with E-state index >= 15 is 4.39 Å². The summed E-state index contributed by atoms with van der Waals surface area (Å²) in [4.78, 5) is 30.7. The van der Waals surface area contributed by atoms with Crippen molar-refractivity contribution in [2.45, 2.75) is 56.0 Å². The molecule has 2 aliphatic heterocycles. The summed E-state index contributed by atoms with van der Waals surface area (Å²) >= 11 is 0. The van der Waals surface area contributed by atoms with Crippen molar-refractivity contribution in [3.05, 3.63) is 59.2 Å². The Morgan fingerprint density at radius 2 is 1.92 bits per heavy atom. The largest absolute Gasteiger partial charge is 0.586 e. The SMILES string of the molecule is COc1cc(C(=O)NC[C@](O)(c2nc(-c3ccc4c(c3)OC(F)(F)O4)c3c(c2F)[C@](C)(C(N)=O)CO3)C2CC2)cc2cn(C3CC3)nc12. The fraction of sp³-hybridized carbons (Fsp3) is 0.394. The van der Waals surface area contributed by atoms with Crippen LogP contribution in [-0.2, 0) is 15.8 Å². The van der Waals surface area contributed by atoms with Crippen LogP contribution >= 0.6 is 0 Å². The van der Waals surface area contributed by atoms with Gasteiger partial charge in [0, 0.05) is 22.7 Å². The van der Waals surface area contributed by atoms with E-state index in [4.69, 9.17) is 15.2 Å². The minimum atomic E-state index is -3.89. The summed E-state index contributed by atoms with van der Waals surface area (Å²) in [5, 5.41) is 20.3. The molecular weight excluding hydrogens is 635 g/mol. The van der Waals surface area contributed by atoms with Gasteiger partial charge in [-0.2, -0.15) is 5.10 Å². The van der Waals surface area contributed by atoms with E-state index in [0.29, 0.717) is 35.5 Å². The van der Waals surface area contributed by atoms with Crippen molar-refractivity contribution >= 4 is 22.7 Å². The van der Waals surface area contributed by atoms with Crippen LogP contribution in [0.5, 0.6) is 23.0 Å². The number of aromatic nitrogens is 3. The topological polar surface area (TPSA) is 160 Å². The van der Waals surface area contributed by atoms with Crippen molar-refractivity contribution in [2.75, 3.05) is 20.3 Å². The van der Waals surface area contributed by atoms with Crippen LogP contribution in [0.4, 0.5) is 13.2 Å². The molecule has 48 heavy (non-hydrogen) atoms. The van der Waals surface area contributed by atoms with Crippen LogP contribution in [0.2, 0.25) is 0 Å². The lowest BCUT2D eigenvalue weighted by molar-refractivity contribution is -0.286. The molecule has 2 saturated carbocycles. The number of halogens is 3. The average Bonchev–Trinajstić information content (AvgIpc) is 3.98. The molecule has 2 aromatic carbocycles. The zero-order chi connectivity index (χ0) is 33.7. The summed E-state index contributed by atoms with van der Waals surface area (Å²) in [7, 11) is 1.48. The normalized spacial score (nSPS) is 21.8. The lowest BCUT2D eigenvalue weighted by Gasteiger charge is -2.30. The van der Waals surface area contributed by atoms with Gasteiger partial charge >= 0.3 is 6.29 Å². The fourth-order valence-electron chi connectivity index (χ4n) is 6.48. The molecule has 15 heteroatoms. The van der Waals surface area contributed by atoms with Crippen LogP contribution in [0.3, 0.4) is 0 Å². The van der Waals surface area contributed by atoms with Crippen molar-refractivity contribution in [3.63, 3.8) is 0 Å². The number of benzene rings is 2. The summed E-state index contributed by atoms with van der Waals surface area (Å²) in [6.45, 7) is 0.641. The quantitative estimate of drug-likeness (QED) is 0.240. The second-order valence-corrected chi connectivity index (χ2v) is 13.0. The maximum Gasteiger partial charge on any atom is 0.586 e. The Kier molecular flexibility index (Phi) is 6.45. The number of nitrogens with one attached hydrogen (secondary N) is 1. The van der Waals surface area contributed by atoms with Gasteiger partial charge in [-0.05, 0) is 68.9 Å². The number of ether oxygens (including phenoxy) is 4. The highest BCUT2D eigenvalue weighted by atomic mass is 19.3. The number of pyridine rings is 1. The van der Waals surface area contributed by atoms with Gasteiger partial charge in [0.05, 0.1) is 25.3 Å². The number of carbonyl (C=O) groups excluding carboxylic acids is 2. The Morgan fingerprint density at radius 1 is 1.17 bits per heavy atom. The molecule has 2 aromatic heterocycles. The summed E-state index contributed by atoms with van der Waals surface area (Å²) in [5.41, 5.74) is 2.32. The molecule has 4 N–H and O–H groups in total. The number of nitrogens with two attached hydrogens (primary N) is 1. The zero-order valence-electron chi connectivity index (χ0n) is 25.8. The Bertz CT molecular complexity index is 2050. The summed E-state index contributed by atoms with van der Waals surface area (Å²) < 4.78 is 66.6. The van der Waals surface area contributed by atoms with Crippen molar-refractivity contribution in [3.8, 4) is 34.3 Å². The molecule has 2 atom stereocenters. The van der Waals surface area contributed by atoms with E-state index in [1.54, 1.807) is 12.1 Å². The minimum absolute atomic E-state index is 0.0405. The number of methoxy groups -OCH3 is 1. The molecule has 8 rings (SSSR count). The molecule has 250 valence electrons. The Labute approximate surface area is 270 Å². The third-order valence-corrected chi connectivity index (χ3v) is 9.54. The van der Waals surface area contributed by atoms with E-state index in [2.05, 4.69) is 24.9 Å². The first-order valence-electron chi connectivity index (χ1n) is 15.5. The predicted octanol–water partition coefficient (Wildman–Crippen LogP) is 4.07. The van der Waals surface area contributed by atoms with E-state index in [-0.39, 0.29) is 46.2 Å². The van der Waals surface area contributed by atoms with Crippen LogP contribution < -0.4 is 30.0 Å². The molecule has 0 unspecified atom stereocenters. The van der Waals surface area contributed by atoms with Gasteiger partial charge in [0.2, 0.25) is 5.91 Å². The average molecular weight is 666 g/mol. The van der Waals surface area contributed by atoms with Gasteiger partial charge in [-0.3, -0.25) is 14.3 Å². The zero-order valence-corrected chi connectivity index (χ0v) is 25.8. The Morgan fingerprint density at radius 3 is 2.60 bits per heavy atom. The summed E-state index contributed by atoms with van der Waals surface area (Å²) in [5.74, 6) is -3.21. The first-order valence-corrected chi connectivity index (χ1v) is 15.5. The summed E-state index contributed by atoms with van der Waals surface area (Å²) in [6.07, 6.45) is 1.02. The van der Waals surface area contributed by atoms with E-state index in [1.165, 1.54) is 32.2 Å². The second kappa shape index (κ2) is 10.2. The van der Waals surface area contributed by atoms with Gasteiger partial charge in [-0.15, -0.1) is 8.78 Å². The minimum Gasteiger partial charge on any atom is -0.494 e. The number of primary amides is 1. The number of hydrogen-bond donors (Lipinski definition) is 3. The highest BCUT2D eigenvalue weighted by molar-refractivity contribution is 6.00. The van der Waals surface area contributed by atoms with Crippen LogP contribution in [-0.4, -0.2) is 58.2 Å². The van der Waals surface area contributed by atoms with Gasteiger partial charge in [0.1, 0.15) is 40.3 Å². The summed E-state index contributed by atoms with van der Waals surface area (Å²) in [6, 6.07) is 7.37. The third kappa shape index (κ3) is 4.70. The molecule has 0 radical (unpaired) electrons. The van der Waals surface area contributed by atoms with E-state index < -0.39 is 53.1 Å². The number of aliphatic hydroxyl groups is 1. The molecule has 4 aliphatic rings. The molecular formula is C33H30F3N5O7. The van der Waals surface area contributed by atoms with Gasteiger partial charge < -0.3 is 35.1 Å². The highest BCUT2D eigenvalue weighted by Crippen LogP contribution is 2.52. The number of rotatable bonds is 9. The molecule has 0 spiro atoms. The van der Waals surface area contributed by atoms with Crippen LogP contribution in [0.1, 0.15) is 60.3 Å². The van der Waals surface area contributed by atoms with Crippen molar-refractivity contribution in [1.82, 2.24) is 20.1 Å². The van der Waals surface area contributed by atoms with E-state index in [0.717, 1.165) is 12.8 Å². The predicted molar refractivity (Wildman–Crippen MR) is 161 cm³/mol. The maximum atomic E-state index is 16.7. The molecule has 4 aromatic rings. The number of hydrogen-bond acceptors (Lipinski definition) is 9. The fourth-order valence-corrected chi connectivity index (χ4v) is 6.48. The van der Waals surface area contributed by atoms with Crippen molar-refractivity contribution in [1.29, 1.82) is 0 Å². The molecule has 2 aliphatic carbocycles. The lowest BCUT2D eigenvalue weighted by Crippen LogP contribution is -2.45. The Balaban J connectivity index is 1.19. The number of fused-ring (bicyclic) bond motifs is 3. The molecule has 2 fully saturated rings. The van der Waals surface area contributed by atoms with Crippen molar-refractivity contribution in [2.24, 2.45) is 11.7 Å². The number of nitrogens with zero attached hydrogens (tertiary/aromatic N) is 3. The molecule has 12 nitrogen and oxygen atoms in total. The number of amides is 2. The Hall–Kier alpha value is -5.05. The lowest BCUT2D eigenvalue weighted by atomic mass is 9.80. The van der Waals surface area contributed by atoms with Crippen LogP contribution in [0.25, 0.3) is 22.2 Å². The standard InChI is InChI=1S/C33H30F3N5O7/c1-31(30(37)43)14-46-27-23(31)24(34)28(39-26(27)15-3-8-20-21(10-15)48-33(35,36)47-20)32(44,18-4-5-18)13-38-29(42)16-9-17-12-41(19-6-7-19)40-25(17)22(11-16)45-2/h3,8-12,18-19,44H,4-7,13-14H2,1-2H3,(H2,37,43)(H,38,42)/t31-,32-/m1/s1. The monoisotopic (exact) mass is 665 g/mol. The van der Waals surface area contributed by atoms with E-state index in [9.17, 15) is 23.5 Å². The van der Waals surface area contributed by atoms with Gasteiger partial charge in [0.25, 0.3) is 5.91 Å². The third-order valence-electron chi connectivity index (χ3n) is 9.54. The second-order valence-electron chi connectivity index (χ2n) is 13.0. The first kappa shape index (κ1) is 30.3. The molecule has 4 heterocycles. The molecule has 2 amide bonds. The maximum absolute atomic E-state index is 16.7. The molecule has 0 saturated heterocycles. The number of carbonyl (C=O) groups is 2. The smallest absolute Gasteiger partial charge is 0.494 e. The van der Waals surface area contributed by atoms with Gasteiger partial charge in [0.15, 0.2) is 23.1 Å². The number of alkyl halides is 2.